The highest BCUT2D eigenvalue weighted by Gasteiger charge is 2.17. The maximum atomic E-state index is 12.6. The van der Waals surface area contributed by atoms with E-state index in [1.54, 1.807) is 13.1 Å². The van der Waals surface area contributed by atoms with Crippen LogP contribution in [0.15, 0.2) is 18.3 Å². The van der Waals surface area contributed by atoms with Crippen molar-refractivity contribution in [2.75, 3.05) is 17.7 Å². The number of carbonyl (C=O) groups is 2. The number of aromatic nitrogens is 4. The number of rotatable bonds is 8. The lowest BCUT2D eigenvalue weighted by Crippen LogP contribution is -2.33. The van der Waals surface area contributed by atoms with Gasteiger partial charge in [-0.15, -0.1) is 0 Å². The predicted molar refractivity (Wildman–Crippen MR) is 126 cm³/mol. The molecule has 10 nitrogen and oxygen atoms in total. The molecule has 0 spiro atoms. The number of hydrogen-bond acceptors (Lipinski definition) is 8. The molecule has 0 saturated carbocycles. The summed E-state index contributed by atoms with van der Waals surface area (Å²) in [7, 11) is 1.96. The van der Waals surface area contributed by atoms with Gasteiger partial charge in [0, 0.05) is 30.8 Å². The summed E-state index contributed by atoms with van der Waals surface area (Å²) in [6, 6.07) is 3.45. The Hall–Kier alpha value is -3.82. The van der Waals surface area contributed by atoms with Crippen LogP contribution in [0.1, 0.15) is 52.6 Å². The molecule has 3 aromatic rings. The van der Waals surface area contributed by atoms with E-state index in [1.807, 2.05) is 40.0 Å². The minimum atomic E-state index is -0.877. The number of benzene rings is 1. The zero-order valence-electron chi connectivity index (χ0n) is 19.5. The van der Waals surface area contributed by atoms with E-state index in [0.29, 0.717) is 35.4 Å². The first-order chi connectivity index (χ1) is 15.5. The van der Waals surface area contributed by atoms with E-state index in [9.17, 15) is 9.59 Å². The highest BCUT2D eigenvalue weighted by Crippen LogP contribution is 2.27. The van der Waals surface area contributed by atoms with Gasteiger partial charge in [0.1, 0.15) is 5.52 Å². The Morgan fingerprint density at radius 2 is 1.82 bits per heavy atom. The van der Waals surface area contributed by atoms with Gasteiger partial charge < -0.3 is 21.1 Å². The third-order valence-electron chi connectivity index (χ3n) is 5.35. The number of hydrogen-bond donors (Lipinski definition) is 3. The molecule has 0 aliphatic heterocycles. The summed E-state index contributed by atoms with van der Waals surface area (Å²) >= 11 is 0. The average Bonchev–Trinajstić information content (AvgIpc) is 2.72. The first-order valence-electron chi connectivity index (χ1n) is 10.7. The van der Waals surface area contributed by atoms with Crippen LogP contribution < -0.4 is 16.0 Å². The van der Waals surface area contributed by atoms with E-state index < -0.39 is 5.97 Å². The number of anilines is 2. The van der Waals surface area contributed by atoms with Gasteiger partial charge in [-0.25, -0.2) is 15.0 Å². The van der Waals surface area contributed by atoms with Crippen molar-refractivity contribution in [2.24, 2.45) is 0 Å². The van der Waals surface area contributed by atoms with Crippen molar-refractivity contribution in [1.29, 1.82) is 0 Å². The second kappa shape index (κ2) is 9.76. The fraction of sp³-hybridized carbons (Fsp3) is 0.391. The fourth-order valence-corrected chi connectivity index (χ4v) is 3.91. The van der Waals surface area contributed by atoms with Gasteiger partial charge >= 0.3 is 5.97 Å². The number of nitrogens with two attached hydrogens (primary N) is 1. The second-order valence-electron chi connectivity index (χ2n) is 8.32. The molecular formula is C23H29N7O3. The standard InChI is InChI=1S/C23H29N7O3/c1-12-8-16(22(33)26-14(3)6-7-18(31)32)9-13(2)20(12)30(5)11-17-10-25-21-19(28-17)15(4)27-23(24)29-21/h8-10,14H,6-7,11H2,1-5H3,(H,26,33)(H,31,32)(H2,24,25,27,29). The van der Waals surface area contributed by atoms with Crippen molar-refractivity contribution in [3.63, 3.8) is 0 Å². The van der Waals surface area contributed by atoms with Gasteiger partial charge in [-0.3, -0.25) is 9.59 Å². The molecule has 0 aliphatic rings. The summed E-state index contributed by atoms with van der Waals surface area (Å²) in [6.45, 7) is 8.04. The Kier molecular flexibility index (Phi) is 7.05. The van der Waals surface area contributed by atoms with E-state index in [4.69, 9.17) is 10.8 Å². The van der Waals surface area contributed by atoms with Crippen LogP contribution in [-0.4, -0.2) is 50.0 Å². The highest BCUT2D eigenvalue weighted by molar-refractivity contribution is 5.95. The molecule has 2 aromatic heterocycles. The molecule has 174 valence electrons. The van der Waals surface area contributed by atoms with E-state index in [2.05, 4.69) is 30.2 Å². The van der Waals surface area contributed by atoms with Crippen LogP contribution in [0.25, 0.3) is 11.2 Å². The summed E-state index contributed by atoms with van der Waals surface area (Å²) in [5, 5.41) is 11.7. The van der Waals surface area contributed by atoms with Crippen molar-refractivity contribution in [2.45, 2.75) is 53.1 Å². The van der Waals surface area contributed by atoms with Crippen molar-refractivity contribution in [1.82, 2.24) is 25.3 Å². The molecule has 10 heteroatoms. The molecule has 0 saturated heterocycles. The summed E-state index contributed by atoms with van der Waals surface area (Å²) in [5.74, 6) is -0.924. The number of fused-ring (bicyclic) bond motifs is 1. The molecule has 1 amide bonds. The number of nitrogens with zero attached hydrogens (tertiary/aromatic N) is 5. The summed E-state index contributed by atoms with van der Waals surface area (Å²) < 4.78 is 0. The lowest BCUT2D eigenvalue weighted by Gasteiger charge is -2.24. The first kappa shape index (κ1) is 23.8. The molecule has 0 fully saturated rings. The predicted octanol–water partition coefficient (Wildman–Crippen LogP) is 2.55. The zero-order valence-corrected chi connectivity index (χ0v) is 19.5. The number of aryl methyl sites for hydroxylation is 3. The van der Waals surface area contributed by atoms with Crippen LogP contribution >= 0.6 is 0 Å². The number of carboxylic acids is 1. The molecule has 2 heterocycles. The van der Waals surface area contributed by atoms with Crippen LogP contribution in [-0.2, 0) is 11.3 Å². The van der Waals surface area contributed by atoms with E-state index >= 15 is 0 Å². The number of nitrogen functional groups attached to an aromatic ring is 1. The maximum absolute atomic E-state index is 12.6. The molecule has 0 radical (unpaired) electrons. The molecule has 4 N–H and O–H groups in total. The van der Waals surface area contributed by atoms with Crippen molar-refractivity contribution >= 4 is 34.7 Å². The Labute approximate surface area is 192 Å². The smallest absolute Gasteiger partial charge is 0.303 e. The van der Waals surface area contributed by atoms with Crippen LogP contribution in [0.3, 0.4) is 0 Å². The minimum Gasteiger partial charge on any atom is -0.481 e. The number of amides is 1. The Morgan fingerprint density at radius 1 is 1.15 bits per heavy atom. The SMILES string of the molecule is Cc1cc(C(=O)NC(C)CCC(=O)O)cc(C)c1N(C)Cc1cnc2nc(N)nc(C)c2n1. The van der Waals surface area contributed by atoms with Crippen LogP contribution in [0.4, 0.5) is 11.6 Å². The first-order valence-corrected chi connectivity index (χ1v) is 10.7. The molecule has 1 aromatic carbocycles. The van der Waals surface area contributed by atoms with Gasteiger partial charge in [0.25, 0.3) is 5.91 Å². The number of nitrogens with one attached hydrogen (secondary N) is 1. The summed E-state index contributed by atoms with van der Waals surface area (Å²) in [6.07, 6.45) is 2.07. The third kappa shape index (κ3) is 5.71. The van der Waals surface area contributed by atoms with Gasteiger partial charge in [0.15, 0.2) is 5.65 Å². The minimum absolute atomic E-state index is 0.0138. The number of carbonyl (C=O) groups excluding carboxylic acids is 1. The van der Waals surface area contributed by atoms with Gasteiger partial charge in [-0.05, 0) is 57.4 Å². The molecule has 33 heavy (non-hydrogen) atoms. The summed E-state index contributed by atoms with van der Waals surface area (Å²) in [4.78, 5) is 42.8. The number of carboxylic acid groups (broad SMARTS) is 1. The Morgan fingerprint density at radius 3 is 2.45 bits per heavy atom. The van der Waals surface area contributed by atoms with E-state index in [0.717, 1.165) is 22.5 Å². The molecule has 1 atom stereocenters. The molecule has 0 aliphatic carbocycles. The van der Waals surface area contributed by atoms with Crippen molar-refractivity contribution in [3.8, 4) is 0 Å². The molecular weight excluding hydrogens is 422 g/mol. The van der Waals surface area contributed by atoms with Crippen LogP contribution in [0, 0.1) is 20.8 Å². The maximum Gasteiger partial charge on any atom is 0.303 e. The summed E-state index contributed by atoms with van der Waals surface area (Å²) in [5.41, 5.74) is 11.6. The largest absolute Gasteiger partial charge is 0.481 e. The Bertz CT molecular complexity index is 1190. The third-order valence-corrected chi connectivity index (χ3v) is 5.35. The van der Waals surface area contributed by atoms with Crippen molar-refractivity contribution in [3.05, 3.63) is 46.4 Å². The lowest BCUT2D eigenvalue weighted by atomic mass is 10.0. The molecule has 3 rings (SSSR count). The lowest BCUT2D eigenvalue weighted by molar-refractivity contribution is -0.137. The molecule has 0 bridgehead atoms. The Balaban J connectivity index is 1.77. The fourth-order valence-electron chi connectivity index (χ4n) is 3.91. The zero-order chi connectivity index (χ0) is 24.3. The second-order valence-corrected chi connectivity index (χ2v) is 8.32. The van der Waals surface area contributed by atoms with Crippen LogP contribution in [0.5, 0.6) is 0 Å². The quantitative estimate of drug-likeness (QED) is 0.470. The molecule has 1 unspecified atom stereocenters. The highest BCUT2D eigenvalue weighted by atomic mass is 16.4. The van der Waals surface area contributed by atoms with Gasteiger partial charge in [-0.2, -0.15) is 4.98 Å². The number of aliphatic carboxylic acids is 1. The van der Waals surface area contributed by atoms with Crippen LogP contribution in [0.2, 0.25) is 0 Å². The van der Waals surface area contributed by atoms with E-state index in [1.165, 1.54) is 0 Å². The van der Waals surface area contributed by atoms with Crippen molar-refractivity contribution < 1.29 is 14.7 Å². The van der Waals surface area contributed by atoms with Gasteiger partial charge in [-0.1, -0.05) is 0 Å². The van der Waals surface area contributed by atoms with Gasteiger partial charge in [0.2, 0.25) is 5.95 Å². The van der Waals surface area contributed by atoms with Gasteiger partial charge in [0.05, 0.1) is 24.1 Å². The monoisotopic (exact) mass is 451 g/mol. The average molecular weight is 452 g/mol. The normalized spacial score (nSPS) is 11.9. The topological polar surface area (TPSA) is 147 Å². The van der Waals surface area contributed by atoms with E-state index in [-0.39, 0.29) is 24.3 Å².